The van der Waals surface area contributed by atoms with Gasteiger partial charge in [0.05, 0.1) is 12.2 Å². The van der Waals surface area contributed by atoms with E-state index < -0.39 is 11.7 Å². The van der Waals surface area contributed by atoms with Crippen LogP contribution in [0.5, 0.6) is 5.75 Å². The van der Waals surface area contributed by atoms with Crippen LogP contribution in [0.1, 0.15) is 25.8 Å². The highest BCUT2D eigenvalue weighted by Gasteiger charge is 2.28. The van der Waals surface area contributed by atoms with Gasteiger partial charge in [-0.2, -0.15) is 0 Å². The van der Waals surface area contributed by atoms with Crippen LogP contribution in [-0.4, -0.2) is 29.3 Å². The lowest BCUT2D eigenvalue weighted by atomic mass is 10.0. The maximum atomic E-state index is 14.0. The summed E-state index contributed by atoms with van der Waals surface area (Å²) >= 11 is 0. The Morgan fingerprint density at radius 3 is 2.88 bits per heavy atom. The zero-order valence-electron chi connectivity index (χ0n) is 14.8. The summed E-state index contributed by atoms with van der Waals surface area (Å²) in [5.74, 6) is -1.11. The number of carbonyl (C=O) groups is 2. The van der Waals surface area contributed by atoms with E-state index in [-0.39, 0.29) is 24.4 Å². The molecule has 0 radical (unpaired) electrons. The van der Waals surface area contributed by atoms with Crippen molar-refractivity contribution in [3.8, 4) is 17.0 Å². The number of hydrogen-bond acceptors (Lipinski definition) is 4. The molecule has 2 unspecified atom stereocenters. The fourth-order valence-corrected chi connectivity index (χ4v) is 2.92. The molecule has 0 saturated carbocycles. The van der Waals surface area contributed by atoms with Crippen LogP contribution in [0.4, 0.5) is 4.39 Å². The second-order valence-electron chi connectivity index (χ2n) is 6.48. The van der Waals surface area contributed by atoms with E-state index in [1.165, 1.54) is 12.1 Å². The molecule has 0 saturated heterocycles. The Labute approximate surface area is 151 Å². The molecule has 2 aromatic rings. The van der Waals surface area contributed by atoms with Crippen LogP contribution in [0, 0.1) is 11.7 Å². The van der Waals surface area contributed by atoms with Gasteiger partial charge in [0.15, 0.2) is 0 Å². The third-order valence-electron chi connectivity index (χ3n) is 4.58. The van der Waals surface area contributed by atoms with Crippen LogP contribution < -0.4 is 10.1 Å². The molecule has 6 heteroatoms. The number of aromatic nitrogens is 1. The van der Waals surface area contributed by atoms with Gasteiger partial charge in [-0.3, -0.25) is 14.6 Å². The molecule has 1 N–H and O–H groups in total. The van der Waals surface area contributed by atoms with Crippen molar-refractivity contribution in [3.63, 3.8) is 0 Å². The number of fused-ring (bicyclic) bond motifs is 1. The number of ether oxygens (including phenoxy) is 1. The van der Waals surface area contributed by atoms with Gasteiger partial charge in [-0.15, -0.1) is 0 Å². The predicted molar refractivity (Wildman–Crippen MR) is 95.2 cm³/mol. The summed E-state index contributed by atoms with van der Waals surface area (Å²) in [5.41, 5.74) is 1.95. The third-order valence-corrected chi connectivity index (χ3v) is 4.58. The van der Waals surface area contributed by atoms with Gasteiger partial charge < -0.3 is 10.1 Å². The quantitative estimate of drug-likeness (QED) is 0.808. The first kappa shape index (κ1) is 18.0. The van der Waals surface area contributed by atoms with Crippen molar-refractivity contribution >= 4 is 11.7 Å². The fraction of sp³-hybridized carbons (Fsp3) is 0.350. The Bertz CT molecular complexity index is 823. The minimum atomic E-state index is -0.602. The Kier molecular flexibility index (Phi) is 5.30. The molecule has 136 valence electrons. The minimum absolute atomic E-state index is 0.193. The molecule has 2 atom stereocenters. The number of nitrogens with zero attached hydrogens (tertiary/aromatic N) is 1. The van der Waals surface area contributed by atoms with Gasteiger partial charge in [0, 0.05) is 29.7 Å². The number of amides is 1. The minimum Gasteiger partial charge on any atom is -0.487 e. The summed E-state index contributed by atoms with van der Waals surface area (Å²) in [6, 6.07) is 8.24. The lowest BCUT2D eigenvalue weighted by Crippen LogP contribution is -2.40. The zero-order chi connectivity index (χ0) is 18.7. The van der Waals surface area contributed by atoms with Gasteiger partial charge in [0.2, 0.25) is 5.78 Å². The van der Waals surface area contributed by atoms with Crippen molar-refractivity contribution in [1.82, 2.24) is 10.3 Å². The molecule has 1 aliphatic heterocycles. The molecule has 1 amide bonds. The smallest absolute Gasteiger partial charge is 0.287 e. The molecule has 5 nitrogen and oxygen atoms in total. The summed E-state index contributed by atoms with van der Waals surface area (Å²) < 4.78 is 19.9. The fourth-order valence-electron chi connectivity index (χ4n) is 2.92. The monoisotopic (exact) mass is 356 g/mol. The van der Waals surface area contributed by atoms with Crippen molar-refractivity contribution in [2.75, 3.05) is 6.54 Å². The average molecular weight is 356 g/mol. The highest BCUT2D eigenvalue weighted by molar-refractivity contribution is 6.36. The standard InChI is InChI=1S/C20H21FN2O3/c1-3-12(2)18(24)20(25)23-11-15-9-13-8-14(21)10-16(19(13)26-15)17-6-4-5-7-22-17/h4-8,10,12,15H,3,9,11H2,1-2H3,(H,23,25). The second-order valence-corrected chi connectivity index (χ2v) is 6.48. The number of nitrogens with one attached hydrogen (secondary N) is 1. The first-order valence-corrected chi connectivity index (χ1v) is 8.72. The van der Waals surface area contributed by atoms with Gasteiger partial charge in [0.25, 0.3) is 5.91 Å². The van der Waals surface area contributed by atoms with E-state index in [1.54, 1.807) is 25.3 Å². The van der Waals surface area contributed by atoms with E-state index in [9.17, 15) is 14.0 Å². The van der Waals surface area contributed by atoms with Crippen LogP contribution in [0.15, 0.2) is 36.5 Å². The molecule has 0 aliphatic carbocycles. The summed E-state index contributed by atoms with van der Waals surface area (Å²) in [7, 11) is 0. The number of carbonyl (C=O) groups excluding carboxylic acids is 2. The van der Waals surface area contributed by atoms with E-state index in [0.717, 1.165) is 5.56 Å². The van der Waals surface area contributed by atoms with Crippen LogP contribution >= 0.6 is 0 Å². The van der Waals surface area contributed by atoms with E-state index in [1.807, 2.05) is 13.0 Å². The highest BCUT2D eigenvalue weighted by atomic mass is 19.1. The molecular formula is C20H21FN2O3. The largest absolute Gasteiger partial charge is 0.487 e. The van der Waals surface area contributed by atoms with Gasteiger partial charge in [-0.25, -0.2) is 4.39 Å². The molecule has 1 aromatic heterocycles. The number of ketones is 1. The number of Topliss-reactive ketones (excluding diaryl/α,β-unsaturated/α-hetero) is 1. The van der Waals surface area contributed by atoms with E-state index in [4.69, 9.17) is 4.74 Å². The number of rotatable bonds is 6. The van der Waals surface area contributed by atoms with Crippen LogP contribution in [-0.2, 0) is 16.0 Å². The Morgan fingerprint density at radius 2 is 2.19 bits per heavy atom. The molecule has 1 aliphatic rings. The molecule has 3 rings (SSSR count). The Hall–Kier alpha value is -2.76. The number of hydrogen-bond donors (Lipinski definition) is 1. The van der Waals surface area contributed by atoms with Crippen molar-refractivity contribution < 1.29 is 18.7 Å². The molecule has 1 aromatic carbocycles. The lowest BCUT2D eigenvalue weighted by Gasteiger charge is -2.14. The molecule has 0 bridgehead atoms. The third kappa shape index (κ3) is 3.74. The predicted octanol–water partition coefficient (Wildman–Crippen LogP) is 2.92. The SMILES string of the molecule is CCC(C)C(=O)C(=O)NCC1Cc2cc(F)cc(-c3ccccn3)c2O1. The van der Waals surface area contributed by atoms with Gasteiger partial charge in [0.1, 0.15) is 17.7 Å². The van der Waals surface area contributed by atoms with Gasteiger partial charge in [-0.05, 0) is 30.7 Å². The summed E-state index contributed by atoms with van der Waals surface area (Å²) in [6.45, 7) is 3.78. The molecule has 0 spiro atoms. The molecule has 0 fully saturated rings. The summed E-state index contributed by atoms with van der Waals surface area (Å²) in [6.07, 6.45) is 2.37. The van der Waals surface area contributed by atoms with E-state index in [2.05, 4.69) is 10.3 Å². The number of benzene rings is 1. The maximum Gasteiger partial charge on any atom is 0.287 e. The molecule has 26 heavy (non-hydrogen) atoms. The summed E-state index contributed by atoms with van der Waals surface area (Å²) in [4.78, 5) is 28.1. The van der Waals surface area contributed by atoms with E-state index >= 15 is 0 Å². The van der Waals surface area contributed by atoms with E-state index in [0.29, 0.717) is 29.8 Å². The molecule has 2 heterocycles. The van der Waals surface area contributed by atoms with Crippen molar-refractivity contribution in [1.29, 1.82) is 0 Å². The van der Waals surface area contributed by atoms with Gasteiger partial charge in [-0.1, -0.05) is 19.9 Å². The Morgan fingerprint density at radius 1 is 1.38 bits per heavy atom. The first-order chi connectivity index (χ1) is 12.5. The van der Waals surface area contributed by atoms with Crippen molar-refractivity contribution in [2.45, 2.75) is 32.8 Å². The first-order valence-electron chi connectivity index (χ1n) is 8.72. The van der Waals surface area contributed by atoms with Crippen molar-refractivity contribution in [2.24, 2.45) is 5.92 Å². The average Bonchev–Trinajstić information content (AvgIpc) is 3.07. The highest BCUT2D eigenvalue weighted by Crippen LogP contribution is 2.38. The van der Waals surface area contributed by atoms with Gasteiger partial charge >= 0.3 is 0 Å². The normalized spacial score (nSPS) is 16.5. The van der Waals surface area contributed by atoms with Crippen LogP contribution in [0.3, 0.4) is 0 Å². The second kappa shape index (κ2) is 7.64. The maximum absolute atomic E-state index is 14.0. The lowest BCUT2D eigenvalue weighted by molar-refractivity contribution is -0.140. The number of halogens is 1. The Balaban J connectivity index is 1.71. The van der Waals surface area contributed by atoms with Crippen LogP contribution in [0.25, 0.3) is 11.3 Å². The van der Waals surface area contributed by atoms with Crippen molar-refractivity contribution in [3.05, 3.63) is 47.9 Å². The molecular weight excluding hydrogens is 335 g/mol. The summed E-state index contributed by atoms with van der Waals surface area (Å²) in [5, 5.41) is 2.63. The zero-order valence-corrected chi connectivity index (χ0v) is 14.8. The number of pyridine rings is 1. The topological polar surface area (TPSA) is 68.3 Å². The van der Waals surface area contributed by atoms with Crippen LogP contribution in [0.2, 0.25) is 0 Å².